The third kappa shape index (κ3) is 5.42. The van der Waals surface area contributed by atoms with Crippen molar-refractivity contribution in [3.8, 4) is 17.3 Å². The molecule has 1 atom stereocenters. The maximum atomic E-state index is 13.6. The first-order chi connectivity index (χ1) is 17.1. The van der Waals surface area contributed by atoms with Gasteiger partial charge in [-0.3, -0.25) is 4.79 Å². The fraction of sp³-hybridized carbons (Fsp3) is 0.545. The molecule has 14 heteroatoms. The number of thiazole rings is 1. The maximum absolute atomic E-state index is 13.6. The van der Waals surface area contributed by atoms with E-state index in [0.717, 1.165) is 0 Å². The normalized spacial score (nSPS) is 16.5. The van der Waals surface area contributed by atoms with E-state index in [-0.39, 0.29) is 30.2 Å². The Hall–Kier alpha value is -3.29. The van der Waals surface area contributed by atoms with Crippen molar-refractivity contribution >= 4 is 22.2 Å². The highest BCUT2D eigenvalue weighted by Gasteiger charge is 2.38. The molecule has 36 heavy (non-hydrogen) atoms. The first-order valence-corrected chi connectivity index (χ1v) is 12.4. The Kier molecular flexibility index (Phi) is 7.43. The van der Waals surface area contributed by atoms with E-state index in [4.69, 9.17) is 4.74 Å². The summed E-state index contributed by atoms with van der Waals surface area (Å²) in [6.07, 6.45) is -1.09. The number of hydrogen-bond donors (Lipinski definition) is 0. The monoisotopic (exact) mass is 524 g/mol. The molecule has 3 aromatic rings. The molecule has 0 spiro atoms. The van der Waals surface area contributed by atoms with Crippen LogP contribution in [0.3, 0.4) is 0 Å². The third-order valence-electron chi connectivity index (χ3n) is 5.76. The van der Waals surface area contributed by atoms with Crippen LogP contribution in [-0.2, 0) is 23.9 Å². The predicted molar refractivity (Wildman–Crippen MR) is 127 cm³/mol. The summed E-state index contributed by atoms with van der Waals surface area (Å²) >= 11 is 0.581. The minimum atomic E-state index is -4.58. The second-order valence-electron chi connectivity index (χ2n) is 8.33. The van der Waals surface area contributed by atoms with Crippen LogP contribution >= 0.6 is 11.3 Å². The molecule has 1 amide bonds. The number of aromatic nitrogens is 6. The van der Waals surface area contributed by atoms with E-state index >= 15 is 0 Å². The number of amides is 1. The number of ether oxygens (including phenoxy) is 1. The van der Waals surface area contributed by atoms with Crippen LogP contribution in [-0.4, -0.2) is 72.8 Å². The molecule has 4 heterocycles. The van der Waals surface area contributed by atoms with Crippen LogP contribution in [0.4, 0.5) is 18.2 Å². The lowest BCUT2D eigenvalue weighted by atomic mass is 10.1. The minimum absolute atomic E-state index is 0.0662. The summed E-state index contributed by atoms with van der Waals surface area (Å²) in [5, 5.41) is 3.78. The molecule has 0 bridgehead atoms. The molecule has 0 N–H and O–H groups in total. The van der Waals surface area contributed by atoms with Crippen molar-refractivity contribution in [3.05, 3.63) is 29.1 Å². The number of anilines is 1. The van der Waals surface area contributed by atoms with E-state index in [0.29, 0.717) is 66.2 Å². The van der Waals surface area contributed by atoms with Crippen LogP contribution in [0, 0.1) is 6.92 Å². The van der Waals surface area contributed by atoms with Gasteiger partial charge in [0.05, 0.1) is 6.61 Å². The Balaban J connectivity index is 1.54. The van der Waals surface area contributed by atoms with Gasteiger partial charge in [-0.15, -0.1) is 0 Å². The van der Waals surface area contributed by atoms with Gasteiger partial charge in [0, 0.05) is 50.1 Å². The minimum Gasteiger partial charge on any atom is -0.464 e. The highest BCUT2D eigenvalue weighted by atomic mass is 32.1. The fourth-order valence-electron chi connectivity index (χ4n) is 3.99. The van der Waals surface area contributed by atoms with Gasteiger partial charge in [0.1, 0.15) is 23.1 Å². The fourth-order valence-corrected chi connectivity index (χ4v) is 4.98. The van der Waals surface area contributed by atoms with Crippen molar-refractivity contribution in [1.29, 1.82) is 0 Å². The molecule has 0 aliphatic carbocycles. The van der Waals surface area contributed by atoms with Gasteiger partial charge >= 0.3 is 12.2 Å². The van der Waals surface area contributed by atoms with Gasteiger partial charge in [-0.1, -0.05) is 18.3 Å². The summed E-state index contributed by atoms with van der Waals surface area (Å²) in [4.78, 5) is 32.9. The summed E-state index contributed by atoms with van der Waals surface area (Å²) < 4.78 is 47.5. The third-order valence-corrected chi connectivity index (χ3v) is 6.92. The van der Waals surface area contributed by atoms with Gasteiger partial charge in [-0.2, -0.15) is 18.3 Å². The molecule has 194 valence electrons. The average molecular weight is 525 g/mol. The number of alkyl halides is 3. The Morgan fingerprint density at radius 1 is 1.19 bits per heavy atom. The predicted octanol–water partition coefficient (Wildman–Crippen LogP) is 3.22. The van der Waals surface area contributed by atoms with Crippen molar-refractivity contribution in [3.63, 3.8) is 0 Å². The van der Waals surface area contributed by atoms with Crippen molar-refractivity contribution in [2.45, 2.75) is 52.9 Å². The van der Waals surface area contributed by atoms with E-state index in [1.165, 1.54) is 12.4 Å². The molecule has 10 nitrogen and oxygen atoms in total. The Bertz CT molecular complexity index is 1210. The van der Waals surface area contributed by atoms with Crippen LogP contribution in [0.25, 0.3) is 11.3 Å². The summed E-state index contributed by atoms with van der Waals surface area (Å²) in [5.41, 5.74) is 0.521. The maximum Gasteiger partial charge on any atom is 0.443 e. The Morgan fingerprint density at radius 2 is 1.92 bits per heavy atom. The highest BCUT2D eigenvalue weighted by Crippen LogP contribution is 2.43. The van der Waals surface area contributed by atoms with Gasteiger partial charge in [-0.05, 0) is 20.8 Å². The van der Waals surface area contributed by atoms with Gasteiger partial charge in [0.2, 0.25) is 10.9 Å². The number of carbonyl (C=O) groups is 1. The zero-order valence-corrected chi connectivity index (χ0v) is 21.2. The van der Waals surface area contributed by atoms with E-state index in [2.05, 4.69) is 25.0 Å². The average Bonchev–Trinajstić information content (AvgIpc) is 3.44. The van der Waals surface area contributed by atoms with Gasteiger partial charge in [-0.25, -0.2) is 24.6 Å². The molecule has 1 fully saturated rings. The van der Waals surface area contributed by atoms with E-state index in [9.17, 15) is 18.0 Å². The molecular weight excluding hydrogens is 497 g/mol. The topological polar surface area (TPSA) is 102 Å². The lowest BCUT2D eigenvalue weighted by molar-refractivity contribution is -0.137. The number of nitrogens with zero attached hydrogens (tertiary/aromatic N) is 8. The number of halogens is 3. The molecule has 0 aromatic carbocycles. The molecule has 1 aliphatic rings. The highest BCUT2D eigenvalue weighted by molar-refractivity contribution is 7.16. The van der Waals surface area contributed by atoms with E-state index in [1.807, 2.05) is 18.7 Å². The lowest BCUT2D eigenvalue weighted by Crippen LogP contribution is -2.54. The van der Waals surface area contributed by atoms with Crippen LogP contribution in [0.1, 0.15) is 37.4 Å². The lowest BCUT2D eigenvalue weighted by Gasteiger charge is -2.40. The molecule has 1 unspecified atom stereocenters. The molecule has 1 aliphatic heterocycles. The number of hydrogen-bond acceptors (Lipinski definition) is 9. The largest absolute Gasteiger partial charge is 0.464 e. The number of carbonyl (C=O) groups excluding carboxylic acids is 1. The van der Waals surface area contributed by atoms with Crippen LogP contribution in [0.15, 0.2) is 12.4 Å². The van der Waals surface area contributed by atoms with Crippen molar-refractivity contribution in [1.82, 2.24) is 34.6 Å². The standard InChI is InChI=1S/C22H27F3N8O2S/c1-5-16-28-14(4)33(30-16)12-17(34)32-8-7-31(11-13(32)3)19-18(29-20(36-19)22(23,24)25)15-9-26-21(27-10-15)35-6-2/h9-10,13H,5-8,11-12H2,1-4H3. The molecule has 0 radical (unpaired) electrons. The summed E-state index contributed by atoms with van der Waals surface area (Å²) in [6.45, 7) is 8.91. The van der Waals surface area contributed by atoms with Crippen LogP contribution in [0.5, 0.6) is 6.01 Å². The first-order valence-electron chi connectivity index (χ1n) is 11.6. The zero-order chi connectivity index (χ0) is 26.0. The van der Waals surface area contributed by atoms with Crippen molar-refractivity contribution in [2.75, 3.05) is 31.1 Å². The van der Waals surface area contributed by atoms with Gasteiger partial charge in [0.15, 0.2) is 5.82 Å². The molecule has 4 rings (SSSR count). The smallest absolute Gasteiger partial charge is 0.443 e. The summed E-state index contributed by atoms with van der Waals surface area (Å²) in [5.74, 6) is 1.23. The second-order valence-corrected chi connectivity index (χ2v) is 9.30. The molecule has 1 saturated heterocycles. The Morgan fingerprint density at radius 3 is 2.50 bits per heavy atom. The summed E-state index contributed by atoms with van der Waals surface area (Å²) in [6, 6.07) is -0.0925. The van der Waals surface area contributed by atoms with Crippen molar-refractivity contribution in [2.24, 2.45) is 0 Å². The first kappa shape index (κ1) is 25.8. The van der Waals surface area contributed by atoms with Gasteiger partial charge in [0.25, 0.3) is 0 Å². The van der Waals surface area contributed by atoms with Gasteiger partial charge < -0.3 is 14.5 Å². The number of rotatable bonds is 7. The zero-order valence-electron chi connectivity index (χ0n) is 20.4. The van der Waals surface area contributed by atoms with E-state index in [1.54, 1.807) is 23.4 Å². The summed E-state index contributed by atoms with van der Waals surface area (Å²) in [7, 11) is 0. The SMILES string of the molecule is CCOc1ncc(-c2nc(C(F)(F)F)sc2N2CCN(C(=O)Cn3nc(CC)nc3C)C(C)C2)cn1. The van der Waals surface area contributed by atoms with Crippen LogP contribution in [0.2, 0.25) is 0 Å². The van der Waals surface area contributed by atoms with Crippen molar-refractivity contribution < 1.29 is 22.7 Å². The number of aryl methyl sites for hydroxylation is 2. The molecular formula is C22H27F3N8O2S. The number of piperazine rings is 1. The molecule has 3 aromatic heterocycles. The van der Waals surface area contributed by atoms with Crippen LogP contribution < -0.4 is 9.64 Å². The van der Waals surface area contributed by atoms with E-state index < -0.39 is 11.2 Å². The quantitative estimate of drug-likeness (QED) is 0.464. The Labute approximate surface area is 210 Å². The molecule has 0 saturated carbocycles. The second kappa shape index (κ2) is 10.4.